The minimum atomic E-state index is -1.02. The Morgan fingerprint density at radius 2 is 2.12 bits per heavy atom. The van der Waals surface area contributed by atoms with E-state index >= 15 is 0 Å². The number of amides is 1. The largest absolute Gasteiger partial charge is 0.481 e. The number of nitrogens with two attached hydrogens (primary N) is 1. The normalized spacial score (nSPS) is 9.81. The van der Waals surface area contributed by atoms with Gasteiger partial charge in [0, 0.05) is 6.54 Å². The summed E-state index contributed by atoms with van der Waals surface area (Å²) in [6, 6.07) is 3.87. The summed E-state index contributed by atoms with van der Waals surface area (Å²) in [4.78, 5) is 21.7. The number of rotatable bonds is 4. The average molecular weight is 226 g/mol. The zero-order valence-electron chi connectivity index (χ0n) is 8.37. The van der Waals surface area contributed by atoms with Crippen LogP contribution >= 0.6 is 0 Å². The molecule has 86 valence electrons. The molecular formula is C10H11FN2O3. The van der Waals surface area contributed by atoms with E-state index in [1.165, 1.54) is 12.1 Å². The third kappa shape index (κ3) is 2.94. The Morgan fingerprint density at radius 1 is 1.44 bits per heavy atom. The van der Waals surface area contributed by atoms with E-state index in [1.54, 1.807) is 0 Å². The lowest BCUT2D eigenvalue weighted by molar-refractivity contribution is -0.136. The van der Waals surface area contributed by atoms with E-state index in [1.807, 2.05) is 0 Å². The molecule has 0 saturated carbocycles. The number of anilines is 1. The molecular weight excluding hydrogens is 215 g/mol. The Labute approximate surface area is 91.1 Å². The summed E-state index contributed by atoms with van der Waals surface area (Å²) in [7, 11) is 0. The Hall–Kier alpha value is -2.11. The maximum Gasteiger partial charge on any atom is 0.305 e. The van der Waals surface area contributed by atoms with Gasteiger partial charge >= 0.3 is 5.97 Å². The van der Waals surface area contributed by atoms with E-state index in [-0.39, 0.29) is 24.2 Å². The molecule has 1 aromatic rings. The summed E-state index contributed by atoms with van der Waals surface area (Å²) < 4.78 is 13.0. The minimum Gasteiger partial charge on any atom is -0.481 e. The van der Waals surface area contributed by atoms with Gasteiger partial charge in [0.15, 0.2) is 0 Å². The van der Waals surface area contributed by atoms with E-state index < -0.39 is 17.7 Å². The zero-order chi connectivity index (χ0) is 12.1. The van der Waals surface area contributed by atoms with Crippen molar-refractivity contribution in [2.24, 2.45) is 0 Å². The van der Waals surface area contributed by atoms with Gasteiger partial charge < -0.3 is 16.2 Å². The van der Waals surface area contributed by atoms with Crippen LogP contribution in [0, 0.1) is 5.82 Å². The molecule has 1 rings (SSSR count). The first-order chi connectivity index (χ1) is 7.52. The fourth-order valence-corrected chi connectivity index (χ4v) is 1.11. The van der Waals surface area contributed by atoms with Crippen LogP contribution in [-0.4, -0.2) is 23.5 Å². The lowest BCUT2D eigenvalue weighted by atomic mass is 10.1. The average Bonchev–Trinajstić information content (AvgIpc) is 2.21. The number of benzene rings is 1. The molecule has 0 aliphatic carbocycles. The van der Waals surface area contributed by atoms with Crippen LogP contribution in [0.15, 0.2) is 18.2 Å². The number of halogens is 1. The fourth-order valence-electron chi connectivity index (χ4n) is 1.11. The van der Waals surface area contributed by atoms with E-state index in [0.717, 1.165) is 6.07 Å². The molecule has 0 atom stereocenters. The quantitative estimate of drug-likeness (QED) is 0.656. The first-order valence-electron chi connectivity index (χ1n) is 4.56. The molecule has 0 radical (unpaired) electrons. The van der Waals surface area contributed by atoms with Gasteiger partial charge in [-0.1, -0.05) is 6.07 Å². The number of nitrogens with one attached hydrogen (secondary N) is 1. The highest BCUT2D eigenvalue weighted by Crippen LogP contribution is 2.15. The van der Waals surface area contributed by atoms with Crippen molar-refractivity contribution in [2.75, 3.05) is 12.3 Å². The van der Waals surface area contributed by atoms with Crippen molar-refractivity contribution in [3.8, 4) is 0 Å². The van der Waals surface area contributed by atoms with Crippen LogP contribution in [0.3, 0.4) is 0 Å². The molecule has 0 saturated heterocycles. The van der Waals surface area contributed by atoms with Gasteiger partial charge in [-0.05, 0) is 12.1 Å². The van der Waals surface area contributed by atoms with Gasteiger partial charge in [-0.25, -0.2) is 4.39 Å². The Balaban J connectivity index is 2.66. The summed E-state index contributed by atoms with van der Waals surface area (Å²) in [5, 5.41) is 10.7. The highest BCUT2D eigenvalue weighted by atomic mass is 19.1. The molecule has 16 heavy (non-hydrogen) atoms. The summed E-state index contributed by atoms with van der Waals surface area (Å²) in [5.74, 6) is -2.28. The van der Waals surface area contributed by atoms with Crippen LogP contribution in [0.2, 0.25) is 0 Å². The van der Waals surface area contributed by atoms with E-state index in [4.69, 9.17) is 10.8 Å². The second-order valence-corrected chi connectivity index (χ2v) is 3.10. The SMILES string of the molecule is Nc1c(F)cccc1C(=O)NCCC(=O)O. The van der Waals surface area contributed by atoms with Gasteiger partial charge in [0.05, 0.1) is 17.7 Å². The van der Waals surface area contributed by atoms with Crippen molar-refractivity contribution in [3.05, 3.63) is 29.6 Å². The molecule has 0 aliphatic heterocycles. The van der Waals surface area contributed by atoms with Gasteiger partial charge in [0.1, 0.15) is 5.82 Å². The van der Waals surface area contributed by atoms with Crippen LogP contribution in [0.25, 0.3) is 0 Å². The molecule has 0 aliphatic rings. The monoisotopic (exact) mass is 226 g/mol. The summed E-state index contributed by atoms with van der Waals surface area (Å²) in [6.07, 6.45) is -0.193. The Morgan fingerprint density at radius 3 is 2.75 bits per heavy atom. The second-order valence-electron chi connectivity index (χ2n) is 3.10. The highest BCUT2D eigenvalue weighted by Gasteiger charge is 2.12. The number of hydrogen-bond acceptors (Lipinski definition) is 3. The van der Waals surface area contributed by atoms with Crippen molar-refractivity contribution in [1.82, 2.24) is 5.32 Å². The number of hydrogen-bond donors (Lipinski definition) is 3. The molecule has 0 aromatic heterocycles. The number of carboxylic acids is 1. The number of carbonyl (C=O) groups is 2. The van der Waals surface area contributed by atoms with Gasteiger partial charge in [0.2, 0.25) is 0 Å². The molecule has 1 aromatic carbocycles. The smallest absolute Gasteiger partial charge is 0.305 e. The molecule has 1 amide bonds. The van der Waals surface area contributed by atoms with Crippen LogP contribution in [0.5, 0.6) is 0 Å². The molecule has 4 N–H and O–H groups in total. The van der Waals surface area contributed by atoms with Gasteiger partial charge in [-0.2, -0.15) is 0 Å². The third-order valence-corrected chi connectivity index (χ3v) is 1.92. The molecule has 0 bridgehead atoms. The van der Waals surface area contributed by atoms with Crippen molar-refractivity contribution in [2.45, 2.75) is 6.42 Å². The predicted octanol–water partition coefficient (Wildman–Crippen LogP) is 0.612. The first kappa shape index (κ1) is 12.0. The second kappa shape index (κ2) is 5.11. The zero-order valence-corrected chi connectivity index (χ0v) is 8.37. The first-order valence-corrected chi connectivity index (χ1v) is 4.56. The summed E-state index contributed by atoms with van der Waals surface area (Å²) >= 11 is 0. The number of nitrogen functional groups attached to an aromatic ring is 1. The number of carbonyl (C=O) groups excluding carboxylic acids is 1. The maximum atomic E-state index is 13.0. The molecule has 0 spiro atoms. The van der Waals surface area contributed by atoms with Crippen molar-refractivity contribution < 1.29 is 19.1 Å². The number of aliphatic carboxylic acids is 1. The predicted molar refractivity (Wildman–Crippen MR) is 55.4 cm³/mol. The Bertz CT molecular complexity index is 421. The fraction of sp³-hybridized carbons (Fsp3) is 0.200. The van der Waals surface area contributed by atoms with Crippen LogP contribution in [0.1, 0.15) is 16.8 Å². The molecule has 6 heteroatoms. The maximum absolute atomic E-state index is 13.0. The summed E-state index contributed by atoms with van der Waals surface area (Å²) in [5.41, 5.74) is 5.13. The van der Waals surface area contributed by atoms with Crippen molar-refractivity contribution in [3.63, 3.8) is 0 Å². The topological polar surface area (TPSA) is 92.4 Å². The standard InChI is InChI=1S/C10H11FN2O3/c11-7-3-1-2-6(9(7)12)10(16)13-5-4-8(14)15/h1-3H,4-5,12H2,(H,13,16)(H,14,15). The van der Waals surface area contributed by atoms with Crippen LogP contribution < -0.4 is 11.1 Å². The summed E-state index contributed by atoms with van der Waals surface area (Å²) in [6.45, 7) is -0.0237. The van der Waals surface area contributed by atoms with E-state index in [9.17, 15) is 14.0 Å². The third-order valence-electron chi connectivity index (χ3n) is 1.92. The molecule has 5 nitrogen and oxygen atoms in total. The van der Waals surface area contributed by atoms with Crippen LogP contribution in [-0.2, 0) is 4.79 Å². The van der Waals surface area contributed by atoms with Gasteiger partial charge in [0.25, 0.3) is 5.91 Å². The van der Waals surface area contributed by atoms with Gasteiger partial charge in [-0.15, -0.1) is 0 Å². The van der Waals surface area contributed by atoms with E-state index in [2.05, 4.69) is 5.32 Å². The van der Waals surface area contributed by atoms with Gasteiger partial charge in [-0.3, -0.25) is 9.59 Å². The van der Waals surface area contributed by atoms with Crippen LogP contribution in [0.4, 0.5) is 10.1 Å². The lowest BCUT2D eigenvalue weighted by Crippen LogP contribution is -2.27. The molecule has 0 fully saturated rings. The van der Waals surface area contributed by atoms with E-state index in [0.29, 0.717) is 0 Å². The minimum absolute atomic E-state index is 0.00499. The number of para-hydroxylation sites is 1. The highest BCUT2D eigenvalue weighted by molar-refractivity contribution is 5.99. The molecule has 0 unspecified atom stereocenters. The van der Waals surface area contributed by atoms with Crippen molar-refractivity contribution in [1.29, 1.82) is 0 Å². The lowest BCUT2D eigenvalue weighted by Gasteiger charge is -2.06. The van der Waals surface area contributed by atoms with Crippen molar-refractivity contribution >= 4 is 17.6 Å². The molecule has 0 heterocycles. The number of carboxylic acid groups (broad SMARTS) is 1. The Kier molecular flexibility index (Phi) is 3.82.